The number of halogens is 5. The number of hydrogen-bond acceptors (Lipinski definition) is 2. The van der Waals surface area contributed by atoms with Crippen molar-refractivity contribution in [2.24, 2.45) is 0 Å². The molecular weight excluding hydrogens is 332 g/mol. The van der Waals surface area contributed by atoms with Gasteiger partial charge in [0.1, 0.15) is 5.82 Å². The van der Waals surface area contributed by atoms with Crippen LogP contribution in [0.1, 0.15) is 43.4 Å². The Morgan fingerprint density at radius 3 is 2.43 bits per heavy atom. The van der Waals surface area contributed by atoms with Crippen molar-refractivity contribution >= 4 is 12.4 Å². The molecule has 1 aromatic carbocycles. The highest BCUT2D eigenvalue weighted by molar-refractivity contribution is 5.85. The zero-order chi connectivity index (χ0) is 16.2. The van der Waals surface area contributed by atoms with Crippen LogP contribution >= 0.6 is 12.4 Å². The van der Waals surface area contributed by atoms with Gasteiger partial charge in [0.05, 0.1) is 5.56 Å². The number of rotatable bonds is 5. The minimum atomic E-state index is -4.53. The molecule has 1 heterocycles. The SMILES string of the molecule is CCCC[C@H](c1c(F)cccc1C(F)(F)F)N1CCNCC1.Cl. The van der Waals surface area contributed by atoms with Crippen molar-refractivity contribution in [3.05, 3.63) is 35.1 Å². The van der Waals surface area contributed by atoms with Crippen LogP contribution in [0.4, 0.5) is 17.6 Å². The van der Waals surface area contributed by atoms with Crippen molar-refractivity contribution in [2.45, 2.75) is 38.4 Å². The van der Waals surface area contributed by atoms with Gasteiger partial charge in [0, 0.05) is 37.8 Å². The molecule has 0 bridgehead atoms. The molecule has 1 aliphatic heterocycles. The number of unbranched alkanes of at least 4 members (excludes halogenated alkanes) is 1. The lowest BCUT2D eigenvalue weighted by atomic mass is 9.93. The van der Waals surface area contributed by atoms with Gasteiger partial charge in [-0.15, -0.1) is 12.4 Å². The van der Waals surface area contributed by atoms with E-state index in [0.29, 0.717) is 19.5 Å². The van der Waals surface area contributed by atoms with Crippen LogP contribution in [0.25, 0.3) is 0 Å². The van der Waals surface area contributed by atoms with Gasteiger partial charge in [-0.25, -0.2) is 4.39 Å². The Morgan fingerprint density at radius 1 is 1.22 bits per heavy atom. The van der Waals surface area contributed by atoms with E-state index in [4.69, 9.17) is 0 Å². The standard InChI is InChI=1S/C16H22F4N2.ClH/c1-2-3-7-14(22-10-8-21-9-11-22)15-12(16(18,19)20)5-4-6-13(15)17;/h4-6,14,21H,2-3,7-11H2,1H3;1H/t14-;/m1./s1. The van der Waals surface area contributed by atoms with Crippen molar-refractivity contribution in [3.63, 3.8) is 0 Å². The largest absolute Gasteiger partial charge is 0.416 e. The van der Waals surface area contributed by atoms with E-state index >= 15 is 0 Å². The molecule has 0 spiro atoms. The number of nitrogens with zero attached hydrogens (tertiary/aromatic N) is 1. The predicted molar refractivity (Wildman–Crippen MR) is 85.4 cm³/mol. The third-order valence-electron chi connectivity index (χ3n) is 4.12. The summed E-state index contributed by atoms with van der Waals surface area (Å²) >= 11 is 0. The summed E-state index contributed by atoms with van der Waals surface area (Å²) in [7, 11) is 0. The normalized spacial score (nSPS) is 17.6. The van der Waals surface area contributed by atoms with Crippen LogP contribution < -0.4 is 5.32 Å². The number of alkyl halides is 3. The molecule has 0 aliphatic carbocycles. The Balaban J connectivity index is 0.00000264. The van der Waals surface area contributed by atoms with Crippen LogP contribution in [-0.2, 0) is 6.18 Å². The molecular formula is C16H23ClF4N2. The van der Waals surface area contributed by atoms with E-state index < -0.39 is 23.6 Å². The zero-order valence-corrected chi connectivity index (χ0v) is 13.9. The Hall–Kier alpha value is -0.850. The summed E-state index contributed by atoms with van der Waals surface area (Å²) in [6.45, 7) is 4.71. The second-order valence-corrected chi connectivity index (χ2v) is 5.64. The summed E-state index contributed by atoms with van der Waals surface area (Å²) in [6, 6.07) is 2.74. The third kappa shape index (κ3) is 5.06. The Bertz CT molecular complexity index is 487. The second kappa shape index (κ2) is 8.85. The van der Waals surface area contributed by atoms with E-state index in [9.17, 15) is 17.6 Å². The maximum Gasteiger partial charge on any atom is 0.416 e. The molecule has 132 valence electrons. The summed E-state index contributed by atoms with van der Waals surface area (Å²) in [4.78, 5) is 1.97. The van der Waals surface area contributed by atoms with Crippen LogP contribution in [0.2, 0.25) is 0 Å². The number of nitrogens with one attached hydrogen (secondary N) is 1. The van der Waals surface area contributed by atoms with Crippen molar-refractivity contribution in [1.29, 1.82) is 0 Å². The highest BCUT2D eigenvalue weighted by Crippen LogP contribution is 2.39. The smallest absolute Gasteiger partial charge is 0.314 e. The molecule has 0 radical (unpaired) electrons. The zero-order valence-electron chi connectivity index (χ0n) is 13.1. The summed E-state index contributed by atoms with van der Waals surface area (Å²) in [5.74, 6) is -0.755. The molecule has 2 nitrogen and oxygen atoms in total. The van der Waals surface area contributed by atoms with Crippen molar-refractivity contribution in [2.75, 3.05) is 26.2 Å². The van der Waals surface area contributed by atoms with E-state index in [1.54, 1.807) is 0 Å². The van der Waals surface area contributed by atoms with E-state index in [-0.39, 0.29) is 18.0 Å². The van der Waals surface area contributed by atoms with Crippen LogP contribution in [0.5, 0.6) is 0 Å². The molecule has 0 saturated carbocycles. The first kappa shape index (κ1) is 20.2. The van der Waals surface area contributed by atoms with E-state index in [2.05, 4.69) is 5.32 Å². The quantitative estimate of drug-likeness (QED) is 0.788. The van der Waals surface area contributed by atoms with Crippen LogP contribution in [-0.4, -0.2) is 31.1 Å². The molecule has 1 aromatic rings. The Morgan fingerprint density at radius 2 is 1.87 bits per heavy atom. The Kier molecular flexibility index (Phi) is 7.77. The average Bonchev–Trinajstić information content (AvgIpc) is 2.49. The van der Waals surface area contributed by atoms with E-state index in [1.165, 1.54) is 0 Å². The van der Waals surface area contributed by atoms with Gasteiger partial charge in [-0.1, -0.05) is 25.8 Å². The van der Waals surface area contributed by atoms with Gasteiger partial charge in [-0.2, -0.15) is 13.2 Å². The summed E-state index contributed by atoms with van der Waals surface area (Å²) in [5, 5.41) is 3.18. The van der Waals surface area contributed by atoms with Crippen LogP contribution in [0.15, 0.2) is 18.2 Å². The summed E-state index contributed by atoms with van der Waals surface area (Å²) < 4.78 is 54.1. The molecule has 1 N–H and O–H groups in total. The maximum absolute atomic E-state index is 14.3. The third-order valence-corrected chi connectivity index (χ3v) is 4.12. The minimum Gasteiger partial charge on any atom is -0.314 e. The lowest BCUT2D eigenvalue weighted by Crippen LogP contribution is -2.45. The maximum atomic E-state index is 14.3. The first-order valence-corrected chi connectivity index (χ1v) is 7.75. The fraction of sp³-hybridized carbons (Fsp3) is 0.625. The number of benzene rings is 1. The molecule has 1 saturated heterocycles. The second-order valence-electron chi connectivity index (χ2n) is 5.64. The van der Waals surface area contributed by atoms with Gasteiger partial charge in [0.2, 0.25) is 0 Å². The molecule has 23 heavy (non-hydrogen) atoms. The van der Waals surface area contributed by atoms with E-state index in [0.717, 1.165) is 44.1 Å². The topological polar surface area (TPSA) is 15.3 Å². The highest BCUT2D eigenvalue weighted by Gasteiger charge is 2.38. The minimum absolute atomic E-state index is 0. The van der Waals surface area contributed by atoms with Crippen molar-refractivity contribution in [3.8, 4) is 0 Å². The molecule has 1 fully saturated rings. The van der Waals surface area contributed by atoms with Gasteiger partial charge >= 0.3 is 6.18 Å². The van der Waals surface area contributed by atoms with Crippen molar-refractivity contribution in [1.82, 2.24) is 10.2 Å². The van der Waals surface area contributed by atoms with Gasteiger partial charge in [0.15, 0.2) is 0 Å². The molecule has 2 rings (SSSR count). The highest BCUT2D eigenvalue weighted by atomic mass is 35.5. The lowest BCUT2D eigenvalue weighted by molar-refractivity contribution is -0.139. The Labute approximate surface area is 140 Å². The van der Waals surface area contributed by atoms with Crippen molar-refractivity contribution < 1.29 is 17.6 Å². The van der Waals surface area contributed by atoms with Gasteiger partial charge < -0.3 is 5.32 Å². The van der Waals surface area contributed by atoms with Gasteiger partial charge in [-0.3, -0.25) is 4.90 Å². The van der Waals surface area contributed by atoms with Crippen LogP contribution in [0, 0.1) is 5.82 Å². The number of hydrogen-bond donors (Lipinski definition) is 1. The predicted octanol–water partition coefficient (Wildman–Crippen LogP) is 4.40. The summed E-state index contributed by atoms with van der Waals surface area (Å²) in [5.41, 5.74) is -1.03. The molecule has 1 aliphatic rings. The number of piperazine rings is 1. The first-order chi connectivity index (χ1) is 10.4. The fourth-order valence-corrected chi connectivity index (χ4v) is 3.02. The molecule has 0 amide bonds. The fourth-order valence-electron chi connectivity index (χ4n) is 3.02. The van der Waals surface area contributed by atoms with Crippen LogP contribution in [0.3, 0.4) is 0 Å². The molecule has 7 heteroatoms. The first-order valence-electron chi connectivity index (χ1n) is 7.75. The van der Waals surface area contributed by atoms with E-state index in [1.807, 2.05) is 11.8 Å². The van der Waals surface area contributed by atoms with Gasteiger partial charge in [0.25, 0.3) is 0 Å². The monoisotopic (exact) mass is 354 g/mol. The molecule has 0 unspecified atom stereocenters. The average molecular weight is 355 g/mol. The van der Waals surface area contributed by atoms with Gasteiger partial charge in [-0.05, 0) is 18.6 Å². The molecule has 0 aromatic heterocycles. The lowest BCUT2D eigenvalue weighted by Gasteiger charge is -2.36. The molecule has 1 atom stereocenters. The summed E-state index contributed by atoms with van der Waals surface area (Å²) in [6.07, 6.45) is -2.34.